The molecule has 0 unspecified atom stereocenters. The van der Waals surface area contributed by atoms with E-state index in [2.05, 4.69) is 48.5 Å². The number of carbonyl (C=O) groups excluding carboxylic acids is 1. The molecule has 0 aromatic carbocycles. The van der Waals surface area contributed by atoms with Crippen molar-refractivity contribution in [2.75, 3.05) is 7.11 Å². The molecular weight excluding hydrogens is 1110 g/mol. The van der Waals surface area contributed by atoms with E-state index in [-0.39, 0.29) is 116 Å². The number of rotatable bonds is 10. The van der Waals surface area contributed by atoms with E-state index in [0.717, 1.165) is 141 Å². The maximum absolute atomic E-state index is 11.6. The topological polar surface area (TPSA) is 168 Å². The molecule has 9 nitrogen and oxygen atoms in total. The van der Waals surface area contributed by atoms with E-state index < -0.39 is 0 Å². The van der Waals surface area contributed by atoms with Crippen LogP contribution in [0.25, 0.3) is 0 Å². The number of aliphatic hydroxyl groups is 7. The second-order valence-corrected chi connectivity index (χ2v) is 28.7. The molecule has 18 atom stereocenters. The number of hydrogen-bond acceptors (Lipinski definition) is 9. The van der Waals surface area contributed by atoms with Gasteiger partial charge in [0.2, 0.25) is 0 Å². The van der Waals surface area contributed by atoms with Gasteiger partial charge in [0.25, 0.3) is 0 Å². The van der Waals surface area contributed by atoms with Gasteiger partial charge in [-0.15, -0.1) is 0 Å². The first-order valence-corrected chi connectivity index (χ1v) is 32.2. The van der Waals surface area contributed by atoms with Crippen LogP contribution in [0.2, 0.25) is 0 Å². The van der Waals surface area contributed by atoms with Crippen molar-refractivity contribution in [1.82, 2.24) is 0 Å². The zero-order valence-corrected chi connectivity index (χ0v) is 58.6. The van der Waals surface area contributed by atoms with Crippen LogP contribution in [-0.2, 0) is 31.2 Å². The first-order chi connectivity index (χ1) is 35.5. The number of hydrogen-bond donors (Lipinski definition) is 7. The van der Waals surface area contributed by atoms with Crippen molar-refractivity contribution in [3.63, 3.8) is 0 Å². The van der Waals surface area contributed by atoms with Crippen molar-refractivity contribution in [2.24, 2.45) is 93.7 Å². The average Bonchev–Trinajstić information content (AvgIpc) is 3.82. The van der Waals surface area contributed by atoms with Crippen LogP contribution < -0.4 is 17.0 Å². The van der Waals surface area contributed by atoms with Gasteiger partial charge < -0.3 is 64.4 Å². The fourth-order valence-electron chi connectivity index (χ4n) is 18.3. The summed E-state index contributed by atoms with van der Waals surface area (Å²) in [5, 5.41) is 64.3. The van der Waals surface area contributed by atoms with Crippen molar-refractivity contribution in [1.29, 1.82) is 0 Å². The molecule has 0 spiro atoms. The second kappa shape index (κ2) is 37.9. The van der Waals surface area contributed by atoms with Gasteiger partial charge in [-0.1, -0.05) is 49.0 Å². The molecule has 0 heterocycles. The van der Waals surface area contributed by atoms with Gasteiger partial charge in [0, 0.05) is 52.6 Å². The molecule has 9 fully saturated rings. The molecule has 9 rings (SSSR count). The van der Waals surface area contributed by atoms with Gasteiger partial charge in [0.1, 0.15) is 0 Å². The standard InChI is InChI=1S/C27H46O2.C26H44O3.4C3H8O.C2H5.CH4.BrH.Mg.Ti/c1-4-26(28)14-11-20-19(17-26)5-6-22-21(20)10-12-25(3)23(7-8-24(22)25)18(2)9-13-27(29)15-16-27;1-5-26(28)15-13-19-18(16-26)7-8-21-20(19)12-14-25(3)22(9-10-23(21)25)17(2)6-11-24(27)29-4;4*1-3(2)4;1-2;;;;/h18-24,28-29H,4-17H2,1-3H3;17-23,28H,5-16H2,1-4H3;4*3-4H,1-2H3;1H2,2H3;1H4;1H;;/q;;;;;;-1;;;+2;/p-1/t18-,19+,20+,21-,22-,23-,24+,25-,26+;17-,18+,19+,20-,21-,22-,23+,25-,26+;;;;;;;;;/m11........./s1. The Morgan fingerprint density at radius 3 is 1.14 bits per heavy atom. The fraction of sp³-hybridized carbons (Fsp3) is 0.971. The Morgan fingerprint density at radius 1 is 0.500 bits per heavy atom. The molecule has 0 aromatic rings. The van der Waals surface area contributed by atoms with Crippen molar-refractivity contribution < 1.29 is 84.0 Å². The number of halogens is 1. The molecule has 9 aliphatic carbocycles. The Kier molecular flexibility index (Phi) is 39.4. The number of aliphatic hydroxyl groups excluding tert-OH is 4. The molecule has 80 heavy (non-hydrogen) atoms. The Labute approximate surface area is 536 Å². The first-order valence-electron chi connectivity index (χ1n) is 32.2. The van der Waals surface area contributed by atoms with E-state index in [0.29, 0.717) is 23.2 Å². The largest absolute Gasteiger partial charge is 2.00 e. The van der Waals surface area contributed by atoms with E-state index in [4.69, 9.17) is 25.2 Å². The number of fused-ring (bicyclic) bond motifs is 10. The summed E-state index contributed by atoms with van der Waals surface area (Å²) in [5.74, 6) is 11.9. The summed E-state index contributed by atoms with van der Waals surface area (Å²) in [6, 6.07) is 0. The molecule has 0 amide bonds. The molecule has 0 aliphatic heterocycles. The fourth-order valence-corrected chi connectivity index (χ4v) is 18.3. The Hall–Kier alpha value is 1.15. The average molecular weight is 1240 g/mol. The monoisotopic (exact) mass is 1240 g/mol. The number of carbonyl (C=O) groups is 1. The summed E-state index contributed by atoms with van der Waals surface area (Å²) in [6.07, 6.45) is 30.8. The molecule has 0 radical (unpaired) electrons. The van der Waals surface area contributed by atoms with Crippen molar-refractivity contribution in [3.05, 3.63) is 6.92 Å². The van der Waals surface area contributed by atoms with Crippen LogP contribution in [-0.4, -0.2) is 113 Å². The third kappa shape index (κ3) is 23.6. The zero-order valence-electron chi connectivity index (χ0n) is 54.0. The molecule has 9 aliphatic rings. The summed E-state index contributed by atoms with van der Waals surface area (Å²) >= 11 is 0. The van der Waals surface area contributed by atoms with Crippen LogP contribution in [0.4, 0.5) is 0 Å². The smallest absolute Gasteiger partial charge is 1.00 e. The third-order valence-corrected chi connectivity index (χ3v) is 22.0. The first kappa shape index (κ1) is 83.2. The van der Waals surface area contributed by atoms with Crippen LogP contribution in [0, 0.1) is 101 Å². The zero-order chi connectivity index (χ0) is 57.6. The molecular formula is C68H131BrMgO9Ti. The molecule has 12 heteroatoms. The summed E-state index contributed by atoms with van der Waals surface area (Å²) in [5.41, 5.74) is 0.0345. The van der Waals surface area contributed by atoms with Gasteiger partial charge in [-0.05, 0) is 310 Å². The predicted molar refractivity (Wildman–Crippen MR) is 328 cm³/mol. The van der Waals surface area contributed by atoms with E-state index in [1.54, 1.807) is 62.3 Å². The summed E-state index contributed by atoms with van der Waals surface area (Å²) in [7, 11) is 1.50. The maximum atomic E-state index is 11.6. The molecule has 0 saturated heterocycles. The molecule has 0 aromatic heterocycles. The van der Waals surface area contributed by atoms with Gasteiger partial charge in [-0.3, -0.25) is 4.79 Å². The second-order valence-electron chi connectivity index (χ2n) is 28.7. The molecule has 470 valence electrons. The molecule has 0 bridgehead atoms. The Balaban J connectivity index is 0. The van der Waals surface area contributed by atoms with Crippen molar-refractivity contribution in [3.8, 4) is 0 Å². The Morgan fingerprint density at radius 2 is 0.825 bits per heavy atom. The van der Waals surface area contributed by atoms with Gasteiger partial charge >= 0.3 is 29.0 Å². The summed E-state index contributed by atoms with van der Waals surface area (Å²) in [4.78, 5) is 11.6. The number of ether oxygens (including phenoxy) is 1. The molecule has 7 N–H and O–H groups in total. The Bertz CT molecular complexity index is 1620. The van der Waals surface area contributed by atoms with Crippen LogP contribution in [0.3, 0.4) is 0 Å². The van der Waals surface area contributed by atoms with Gasteiger partial charge in [0.15, 0.2) is 0 Å². The van der Waals surface area contributed by atoms with Crippen LogP contribution in [0.1, 0.15) is 278 Å². The summed E-state index contributed by atoms with van der Waals surface area (Å²) < 4.78 is 4.88. The quantitative estimate of drug-likeness (QED) is 0.0640. The van der Waals surface area contributed by atoms with E-state index in [1.807, 2.05) is 0 Å². The van der Waals surface area contributed by atoms with Crippen LogP contribution in [0.5, 0.6) is 0 Å². The number of methoxy groups -OCH3 is 1. The van der Waals surface area contributed by atoms with E-state index in [9.17, 15) is 20.1 Å². The van der Waals surface area contributed by atoms with Gasteiger partial charge in [-0.25, -0.2) is 0 Å². The SMILES string of the molecule is C.CC(C)O.CC(C)O.CC(C)O.CC(C)O.CC[C@]1(O)CC[C@H]2[C@@H](CC[C@@H]3[C@@H]2CC[C@]2(C)[C@@H]([C@H](C)CCC(=O)OC)CC[C@@H]32)C1.CC[C@]1(O)CC[C@H]2[C@@H](CC[C@@H]3[C@@H]2CC[C@]2(C)[C@@H]([C@H](C)CCC4(O)CC4)CC[C@@H]32)C1.[Br-].[CH2-]C.[Mg+2].[Ti]. The minimum absolute atomic E-state index is 0. The predicted octanol–water partition coefficient (Wildman–Crippen LogP) is 12.0. The minimum Gasteiger partial charge on any atom is -1.00 e. The van der Waals surface area contributed by atoms with Crippen LogP contribution >= 0.6 is 0 Å². The summed E-state index contributed by atoms with van der Waals surface area (Å²) in [6.45, 7) is 33.3. The van der Waals surface area contributed by atoms with Gasteiger partial charge in [0.05, 0.1) is 23.9 Å². The molecule has 9 saturated carbocycles. The van der Waals surface area contributed by atoms with E-state index >= 15 is 0 Å². The van der Waals surface area contributed by atoms with Crippen molar-refractivity contribution >= 4 is 29.0 Å². The third-order valence-electron chi connectivity index (χ3n) is 22.0. The normalized spacial score (nSPS) is 37.9. The van der Waals surface area contributed by atoms with Crippen LogP contribution in [0.15, 0.2) is 0 Å². The number of esters is 1. The van der Waals surface area contributed by atoms with E-state index in [1.165, 1.54) is 103 Å². The minimum atomic E-state index is -0.370. The van der Waals surface area contributed by atoms with Gasteiger partial charge in [-0.2, -0.15) is 6.92 Å². The van der Waals surface area contributed by atoms with Crippen molar-refractivity contribution in [2.45, 2.75) is 319 Å². The maximum Gasteiger partial charge on any atom is 2.00 e.